The summed E-state index contributed by atoms with van der Waals surface area (Å²) < 4.78 is 0. The second kappa shape index (κ2) is 6.61. The molecule has 0 unspecified atom stereocenters. The van der Waals surface area contributed by atoms with E-state index in [1.54, 1.807) is 6.08 Å². The van der Waals surface area contributed by atoms with Crippen LogP contribution >= 0.6 is 0 Å². The number of allylic oxidation sites excluding steroid dienone is 1. The van der Waals surface area contributed by atoms with E-state index in [0.29, 0.717) is 6.54 Å². The minimum Gasteiger partial charge on any atom is -0.334 e. The van der Waals surface area contributed by atoms with E-state index in [9.17, 15) is 4.79 Å². The first-order chi connectivity index (χ1) is 11.4. The van der Waals surface area contributed by atoms with Crippen molar-refractivity contribution in [3.8, 4) is 0 Å². The molecule has 1 aliphatic heterocycles. The lowest BCUT2D eigenvalue weighted by atomic mass is 10.1. The van der Waals surface area contributed by atoms with Gasteiger partial charge in [-0.15, -0.1) is 0 Å². The number of rotatable bonds is 4. The van der Waals surface area contributed by atoms with Gasteiger partial charge < -0.3 is 4.90 Å². The lowest BCUT2D eigenvalue weighted by Gasteiger charge is -2.26. The SMILES string of the molecule is C[Si](C)(C)/C=C1\C(=O)C=C(c2ccccc2)N1Cc1ccccc1. The van der Waals surface area contributed by atoms with Crippen molar-refractivity contribution >= 4 is 19.6 Å². The highest BCUT2D eigenvalue weighted by atomic mass is 28.3. The van der Waals surface area contributed by atoms with E-state index in [1.165, 1.54) is 5.56 Å². The van der Waals surface area contributed by atoms with Gasteiger partial charge in [-0.3, -0.25) is 4.79 Å². The zero-order valence-corrected chi connectivity index (χ0v) is 15.5. The molecule has 0 aliphatic carbocycles. The topological polar surface area (TPSA) is 20.3 Å². The predicted octanol–water partition coefficient (Wildman–Crippen LogP) is 4.87. The van der Waals surface area contributed by atoms with Crippen molar-refractivity contribution in [2.24, 2.45) is 0 Å². The van der Waals surface area contributed by atoms with Crippen molar-refractivity contribution in [2.75, 3.05) is 0 Å². The second-order valence-corrected chi connectivity index (χ2v) is 12.2. The molecule has 0 N–H and O–H groups in total. The third-order valence-corrected chi connectivity index (χ3v) is 5.06. The Morgan fingerprint density at radius 1 is 0.917 bits per heavy atom. The van der Waals surface area contributed by atoms with Crippen molar-refractivity contribution < 1.29 is 4.79 Å². The van der Waals surface area contributed by atoms with Crippen molar-refractivity contribution in [1.29, 1.82) is 0 Å². The molecule has 0 atom stereocenters. The lowest BCUT2D eigenvalue weighted by molar-refractivity contribution is -0.111. The van der Waals surface area contributed by atoms with Gasteiger partial charge in [0.1, 0.15) is 0 Å². The molecule has 0 amide bonds. The van der Waals surface area contributed by atoms with Crippen molar-refractivity contribution in [3.05, 3.63) is 89.3 Å². The Balaban J connectivity index is 2.03. The van der Waals surface area contributed by atoms with Crippen LogP contribution in [-0.2, 0) is 11.3 Å². The molecular weight excluding hydrogens is 310 g/mol. The fraction of sp³-hybridized carbons (Fsp3) is 0.190. The average Bonchev–Trinajstić information content (AvgIpc) is 2.84. The Morgan fingerprint density at radius 2 is 1.50 bits per heavy atom. The number of hydrogen-bond donors (Lipinski definition) is 0. The molecule has 2 nitrogen and oxygen atoms in total. The van der Waals surface area contributed by atoms with Crippen LogP contribution < -0.4 is 0 Å². The lowest BCUT2D eigenvalue weighted by Crippen LogP contribution is -2.25. The summed E-state index contributed by atoms with van der Waals surface area (Å²) in [6.45, 7) is 7.49. The molecule has 0 bridgehead atoms. The maximum atomic E-state index is 12.7. The number of ketones is 1. The number of benzene rings is 2. The Kier molecular flexibility index (Phi) is 4.54. The van der Waals surface area contributed by atoms with E-state index in [2.05, 4.69) is 54.5 Å². The molecule has 1 aliphatic rings. The largest absolute Gasteiger partial charge is 0.334 e. The zero-order valence-electron chi connectivity index (χ0n) is 14.5. The van der Waals surface area contributed by atoms with Gasteiger partial charge in [0, 0.05) is 12.6 Å². The smallest absolute Gasteiger partial charge is 0.203 e. The Bertz CT molecular complexity index is 786. The number of nitrogens with zero attached hydrogens (tertiary/aromatic N) is 1. The third-order valence-electron chi connectivity index (χ3n) is 3.92. The van der Waals surface area contributed by atoms with Crippen LogP contribution in [0.25, 0.3) is 5.70 Å². The first-order valence-electron chi connectivity index (χ1n) is 8.30. The van der Waals surface area contributed by atoms with E-state index in [1.807, 2.05) is 36.4 Å². The maximum Gasteiger partial charge on any atom is 0.203 e. The Labute approximate surface area is 145 Å². The highest BCUT2D eigenvalue weighted by Gasteiger charge is 2.30. The van der Waals surface area contributed by atoms with E-state index < -0.39 is 8.07 Å². The molecule has 0 radical (unpaired) electrons. The van der Waals surface area contributed by atoms with E-state index >= 15 is 0 Å². The zero-order chi connectivity index (χ0) is 17.2. The molecule has 0 spiro atoms. The maximum absolute atomic E-state index is 12.7. The monoisotopic (exact) mass is 333 g/mol. The van der Waals surface area contributed by atoms with Gasteiger partial charge in [-0.1, -0.05) is 86.0 Å². The molecule has 3 rings (SSSR count). The third kappa shape index (κ3) is 3.74. The predicted molar refractivity (Wildman–Crippen MR) is 103 cm³/mol. The van der Waals surface area contributed by atoms with Crippen molar-refractivity contribution in [2.45, 2.75) is 26.2 Å². The van der Waals surface area contributed by atoms with Gasteiger partial charge in [0.2, 0.25) is 5.78 Å². The normalized spacial score (nSPS) is 16.6. The highest BCUT2D eigenvalue weighted by molar-refractivity contribution is 6.81. The molecule has 24 heavy (non-hydrogen) atoms. The number of carbonyl (C=O) groups excluding carboxylic acids is 1. The fourth-order valence-corrected chi connectivity index (χ4v) is 4.00. The molecule has 0 saturated carbocycles. The van der Waals surface area contributed by atoms with Crippen molar-refractivity contribution in [3.63, 3.8) is 0 Å². The second-order valence-electron chi connectivity index (χ2n) is 7.23. The average molecular weight is 334 g/mol. The van der Waals surface area contributed by atoms with Crippen LogP contribution in [-0.4, -0.2) is 18.8 Å². The minimum atomic E-state index is -1.51. The first-order valence-corrected chi connectivity index (χ1v) is 11.9. The molecule has 1 heterocycles. The number of hydrogen-bond acceptors (Lipinski definition) is 2. The van der Waals surface area contributed by atoms with Gasteiger partial charge >= 0.3 is 0 Å². The Hall–Kier alpha value is -2.39. The van der Waals surface area contributed by atoms with Crippen LogP contribution in [0.1, 0.15) is 11.1 Å². The Morgan fingerprint density at radius 3 is 2.08 bits per heavy atom. The summed E-state index contributed by atoms with van der Waals surface area (Å²) in [7, 11) is -1.51. The molecule has 0 saturated heterocycles. The van der Waals surface area contributed by atoms with Crippen LogP contribution in [0, 0.1) is 0 Å². The van der Waals surface area contributed by atoms with Crippen LogP contribution in [0.15, 0.2) is 78.1 Å². The van der Waals surface area contributed by atoms with Crippen LogP contribution in [0.5, 0.6) is 0 Å². The molecular formula is C21H23NOSi. The molecule has 122 valence electrons. The van der Waals surface area contributed by atoms with Crippen molar-refractivity contribution in [1.82, 2.24) is 4.90 Å². The summed E-state index contributed by atoms with van der Waals surface area (Å²) in [5.74, 6) is 0.118. The van der Waals surface area contributed by atoms with Gasteiger partial charge in [-0.2, -0.15) is 0 Å². The summed E-state index contributed by atoms with van der Waals surface area (Å²) >= 11 is 0. The highest BCUT2D eigenvalue weighted by Crippen LogP contribution is 2.33. The summed E-state index contributed by atoms with van der Waals surface area (Å²) in [5.41, 5.74) is 6.33. The first kappa shape index (κ1) is 16.5. The van der Waals surface area contributed by atoms with Gasteiger partial charge in [-0.25, -0.2) is 0 Å². The van der Waals surface area contributed by atoms with Gasteiger partial charge in [0.15, 0.2) is 0 Å². The molecule has 2 aromatic rings. The standard InChI is InChI=1S/C21H23NOSi/c1-24(2,3)16-20-21(23)14-19(18-12-8-5-9-13-18)22(20)15-17-10-6-4-7-11-17/h4-14,16H,15H2,1-3H3/b20-16+. The van der Waals surface area contributed by atoms with Gasteiger partial charge in [-0.05, 0) is 11.1 Å². The summed E-state index contributed by atoms with van der Waals surface area (Å²) in [5, 5.41) is 0. The quantitative estimate of drug-likeness (QED) is 0.587. The fourth-order valence-electron chi connectivity index (χ4n) is 2.88. The summed E-state index contributed by atoms with van der Waals surface area (Å²) in [4.78, 5) is 14.8. The summed E-state index contributed by atoms with van der Waals surface area (Å²) in [6, 6.07) is 20.5. The van der Waals surface area contributed by atoms with Crippen LogP contribution in [0.4, 0.5) is 0 Å². The van der Waals surface area contributed by atoms with Crippen LogP contribution in [0.3, 0.4) is 0 Å². The van der Waals surface area contributed by atoms with Crippen LogP contribution in [0.2, 0.25) is 19.6 Å². The van der Waals surface area contributed by atoms with Gasteiger partial charge in [0.05, 0.1) is 19.5 Å². The molecule has 0 fully saturated rings. The molecule has 2 aromatic carbocycles. The molecule has 0 aromatic heterocycles. The van der Waals surface area contributed by atoms with E-state index in [-0.39, 0.29) is 5.78 Å². The molecule has 3 heteroatoms. The van der Waals surface area contributed by atoms with E-state index in [0.717, 1.165) is 17.0 Å². The minimum absolute atomic E-state index is 0.118. The van der Waals surface area contributed by atoms with E-state index in [4.69, 9.17) is 0 Å². The summed E-state index contributed by atoms with van der Waals surface area (Å²) in [6.07, 6.45) is 1.78. The number of carbonyl (C=O) groups is 1. The van der Waals surface area contributed by atoms with Gasteiger partial charge in [0.25, 0.3) is 0 Å².